The normalized spacial score (nSPS) is 16.6. The zero-order chi connectivity index (χ0) is 22.2. The Hall–Kier alpha value is -1.62. The van der Waals surface area contributed by atoms with Crippen molar-refractivity contribution in [3.05, 3.63) is 65.7 Å². The number of anilines is 1. The van der Waals surface area contributed by atoms with E-state index in [2.05, 4.69) is 109 Å². The van der Waals surface area contributed by atoms with Gasteiger partial charge in [0.25, 0.3) is 0 Å². The lowest BCUT2D eigenvalue weighted by Gasteiger charge is -2.36. The molecule has 1 fully saturated rings. The topological polar surface area (TPSA) is 9.72 Å². The van der Waals surface area contributed by atoms with E-state index in [9.17, 15) is 0 Å². The first-order valence-corrected chi connectivity index (χ1v) is 13.2. The van der Waals surface area contributed by atoms with Crippen molar-refractivity contribution in [1.82, 2.24) is 9.21 Å². The molecular weight excluding hydrogens is 398 g/mol. The molecule has 0 N–H and O–H groups in total. The fourth-order valence-corrected chi connectivity index (χ4v) is 6.36. The van der Waals surface area contributed by atoms with Gasteiger partial charge < -0.3 is 9.80 Å². The molecule has 0 saturated carbocycles. The molecule has 0 aliphatic carbocycles. The predicted molar refractivity (Wildman–Crippen MR) is 140 cm³/mol. The van der Waals surface area contributed by atoms with E-state index in [1.54, 1.807) is 0 Å². The maximum Gasteiger partial charge on any atom is 0.0366 e. The Bertz CT molecular complexity index is 806. The number of hydrogen-bond donors (Lipinski definition) is 0. The Labute approximate surface area is 193 Å². The zero-order valence-corrected chi connectivity index (χ0v) is 20.9. The first-order chi connectivity index (χ1) is 15.0. The summed E-state index contributed by atoms with van der Waals surface area (Å²) in [6, 6.07) is 21.0. The highest BCUT2D eigenvalue weighted by Gasteiger charge is 2.21. The Morgan fingerprint density at radius 2 is 1.61 bits per heavy atom. The molecule has 1 heterocycles. The zero-order valence-electron chi connectivity index (χ0n) is 20.1. The van der Waals surface area contributed by atoms with Crippen LogP contribution in [0.4, 0.5) is 5.69 Å². The predicted octanol–water partition coefficient (Wildman–Crippen LogP) is 5.88. The second-order valence-electron chi connectivity index (χ2n) is 9.33. The molecule has 2 aromatic carbocycles. The van der Waals surface area contributed by atoms with E-state index < -0.39 is 0 Å². The second-order valence-corrected chi connectivity index (χ2v) is 11.4. The van der Waals surface area contributed by atoms with Gasteiger partial charge in [0.2, 0.25) is 0 Å². The third kappa shape index (κ3) is 7.20. The van der Waals surface area contributed by atoms with E-state index in [0.29, 0.717) is 5.92 Å². The third-order valence-electron chi connectivity index (χ3n) is 6.19. The van der Waals surface area contributed by atoms with Crippen LogP contribution in [0.1, 0.15) is 44.7 Å². The molecule has 31 heavy (non-hydrogen) atoms. The summed E-state index contributed by atoms with van der Waals surface area (Å²) >= 11 is 0. The highest BCUT2D eigenvalue weighted by atomic mass is 32.2. The molecule has 170 valence electrons. The van der Waals surface area contributed by atoms with Crippen molar-refractivity contribution in [2.24, 2.45) is 5.92 Å². The van der Waals surface area contributed by atoms with Gasteiger partial charge in [0.15, 0.2) is 0 Å². The van der Waals surface area contributed by atoms with Crippen LogP contribution >= 0.6 is 10.7 Å². The first-order valence-electron chi connectivity index (χ1n) is 11.7. The summed E-state index contributed by atoms with van der Waals surface area (Å²) in [5.41, 5.74) is 4.22. The van der Waals surface area contributed by atoms with Crippen LogP contribution in [-0.2, 0) is 12.3 Å². The van der Waals surface area contributed by atoms with Gasteiger partial charge in [-0.1, -0.05) is 56.3 Å². The van der Waals surface area contributed by atoms with Gasteiger partial charge in [-0.2, -0.15) is 0 Å². The SMILES string of the molecule is CC=S(Cc1ccccc1)N(Cc1ccc(N2CCC(N(C)C)CC2)cc1)CC(C)C. The van der Waals surface area contributed by atoms with Crippen LogP contribution in [0.3, 0.4) is 0 Å². The molecule has 0 amide bonds. The minimum Gasteiger partial charge on any atom is -0.371 e. The average Bonchev–Trinajstić information content (AvgIpc) is 2.78. The van der Waals surface area contributed by atoms with Crippen molar-refractivity contribution >= 4 is 21.7 Å². The molecule has 0 aromatic heterocycles. The van der Waals surface area contributed by atoms with Crippen molar-refractivity contribution in [3.63, 3.8) is 0 Å². The molecule has 2 aromatic rings. The Morgan fingerprint density at radius 1 is 0.968 bits per heavy atom. The number of nitrogens with zero attached hydrogens (tertiary/aromatic N) is 3. The average molecular weight is 440 g/mol. The number of piperidine rings is 1. The minimum atomic E-state index is 0.134. The Kier molecular flexibility index (Phi) is 9.18. The van der Waals surface area contributed by atoms with Gasteiger partial charge in [-0.25, -0.2) is 0 Å². The van der Waals surface area contributed by atoms with Crippen molar-refractivity contribution in [1.29, 1.82) is 0 Å². The second kappa shape index (κ2) is 11.8. The maximum atomic E-state index is 2.68. The lowest BCUT2D eigenvalue weighted by molar-refractivity contribution is 0.249. The van der Waals surface area contributed by atoms with E-state index in [1.807, 2.05) is 0 Å². The Morgan fingerprint density at radius 3 is 2.16 bits per heavy atom. The summed E-state index contributed by atoms with van der Waals surface area (Å²) in [6.07, 6.45) is 2.51. The van der Waals surface area contributed by atoms with Crippen LogP contribution < -0.4 is 4.90 Å². The van der Waals surface area contributed by atoms with Crippen molar-refractivity contribution in [2.45, 2.75) is 52.0 Å². The number of hydrogen-bond acceptors (Lipinski definition) is 3. The monoisotopic (exact) mass is 439 g/mol. The van der Waals surface area contributed by atoms with Gasteiger partial charge in [0.1, 0.15) is 0 Å². The highest BCUT2D eigenvalue weighted by molar-refractivity contribution is 8.12. The van der Waals surface area contributed by atoms with Gasteiger partial charge in [-0.3, -0.25) is 4.31 Å². The largest absolute Gasteiger partial charge is 0.371 e. The first kappa shape index (κ1) is 24.0. The van der Waals surface area contributed by atoms with Gasteiger partial charge in [0.05, 0.1) is 0 Å². The smallest absolute Gasteiger partial charge is 0.0366 e. The molecule has 0 spiro atoms. The molecule has 4 heteroatoms. The molecule has 1 aliphatic rings. The summed E-state index contributed by atoms with van der Waals surface area (Å²) in [5.74, 6) is 1.76. The van der Waals surface area contributed by atoms with Crippen LogP contribution in [0.15, 0.2) is 54.6 Å². The fraction of sp³-hybridized carbons (Fsp3) is 0.519. The van der Waals surface area contributed by atoms with Gasteiger partial charge in [-0.05, 0) is 68.4 Å². The van der Waals surface area contributed by atoms with E-state index >= 15 is 0 Å². The molecule has 3 nitrogen and oxygen atoms in total. The van der Waals surface area contributed by atoms with Crippen LogP contribution in [0, 0.1) is 5.92 Å². The van der Waals surface area contributed by atoms with Crippen LogP contribution in [-0.4, -0.2) is 54.3 Å². The highest BCUT2D eigenvalue weighted by Crippen LogP contribution is 2.29. The summed E-state index contributed by atoms with van der Waals surface area (Å²) in [7, 11) is 4.55. The van der Waals surface area contributed by atoms with E-state index in [-0.39, 0.29) is 10.7 Å². The summed E-state index contributed by atoms with van der Waals surface area (Å²) < 4.78 is 2.68. The van der Waals surface area contributed by atoms with Gasteiger partial charge in [0, 0.05) is 43.7 Å². The lowest BCUT2D eigenvalue weighted by atomic mass is 10.0. The van der Waals surface area contributed by atoms with Crippen molar-refractivity contribution in [3.8, 4) is 0 Å². The lowest BCUT2D eigenvalue weighted by Crippen LogP contribution is -2.41. The molecule has 3 rings (SSSR count). The van der Waals surface area contributed by atoms with E-state index in [0.717, 1.165) is 38.0 Å². The Balaban J connectivity index is 1.66. The summed E-state index contributed by atoms with van der Waals surface area (Å²) in [4.78, 5) is 4.93. The van der Waals surface area contributed by atoms with Gasteiger partial charge in [-0.15, -0.1) is 10.7 Å². The molecule has 1 saturated heterocycles. The molecular formula is C27H41N3S. The fourth-order valence-electron chi connectivity index (χ4n) is 4.38. The van der Waals surface area contributed by atoms with E-state index in [1.165, 1.54) is 29.7 Å². The minimum absolute atomic E-state index is 0.134. The molecule has 0 bridgehead atoms. The van der Waals surface area contributed by atoms with Gasteiger partial charge >= 0.3 is 0 Å². The maximum absolute atomic E-state index is 2.68. The summed E-state index contributed by atoms with van der Waals surface area (Å²) in [6.45, 7) is 11.3. The van der Waals surface area contributed by atoms with Crippen molar-refractivity contribution in [2.75, 3.05) is 38.6 Å². The standard InChI is InChI=1S/C27H41N3S/c1-6-31(22-25-10-8-7-9-11-25)30(20-23(2)3)21-24-12-14-27(15-13-24)29-18-16-26(17-19-29)28(4)5/h6-15,23,26H,16-22H2,1-5H3. The molecule has 1 unspecified atom stereocenters. The third-order valence-corrected chi connectivity index (χ3v) is 8.30. The molecule has 1 atom stereocenters. The molecule has 0 radical (unpaired) electrons. The van der Waals surface area contributed by atoms with E-state index in [4.69, 9.17) is 0 Å². The molecule has 1 aliphatic heterocycles. The quantitative estimate of drug-likeness (QED) is 0.452. The summed E-state index contributed by atoms with van der Waals surface area (Å²) in [5, 5.41) is 2.40. The van der Waals surface area contributed by atoms with Crippen LogP contribution in [0.25, 0.3) is 0 Å². The van der Waals surface area contributed by atoms with Crippen molar-refractivity contribution < 1.29 is 0 Å². The van der Waals surface area contributed by atoms with Crippen LogP contribution in [0.2, 0.25) is 0 Å². The van der Waals surface area contributed by atoms with Crippen LogP contribution in [0.5, 0.6) is 0 Å². The number of benzene rings is 2. The number of rotatable bonds is 9.